The van der Waals surface area contributed by atoms with Crippen LogP contribution in [0.25, 0.3) is 0 Å². The molecule has 0 radical (unpaired) electrons. The van der Waals surface area contributed by atoms with Crippen LogP contribution in [0, 0.1) is 5.82 Å². The number of nitrogens with two attached hydrogens (primary N) is 1. The third kappa shape index (κ3) is 3.65. The highest BCUT2D eigenvalue weighted by Crippen LogP contribution is 2.22. The molecule has 0 fully saturated rings. The molecule has 0 aliphatic heterocycles. The molecule has 0 aliphatic rings. The van der Waals surface area contributed by atoms with Gasteiger partial charge in [-0.05, 0) is 25.1 Å². The predicted molar refractivity (Wildman–Crippen MR) is 53.2 cm³/mol. The van der Waals surface area contributed by atoms with Crippen molar-refractivity contribution in [3.63, 3.8) is 0 Å². The largest absolute Gasteiger partial charge is 0.399 e. The van der Waals surface area contributed by atoms with Gasteiger partial charge < -0.3 is 10.8 Å². The molecule has 0 bridgehead atoms. The van der Waals surface area contributed by atoms with E-state index in [1.807, 2.05) is 0 Å². The van der Waals surface area contributed by atoms with E-state index in [2.05, 4.69) is 0 Å². The summed E-state index contributed by atoms with van der Waals surface area (Å²) in [6.07, 6.45) is -0.394. The SMILES string of the molecule is CC(O)CSc1cc(N)cc(F)c1. The molecule has 1 aromatic rings. The highest BCUT2D eigenvalue weighted by atomic mass is 32.2. The van der Waals surface area contributed by atoms with Gasteiger partial charge in [-0.2, -0.15) is 0 Å². The number of rotatable bonds is 3. The first-order chi connectivity index (χ1) is 6.08. The fourth-order valence-electron chi connectivity index (χ4n) is 0.885. The zero-order valence-corrected chi connectivity index (χ0v) is 8.14. The number of halogens is 1. The maximum atomic E-state index is 12.8. The summed E-state index contributed by atoms with van der Waals surface area (Å²) in [5.41, 5.74) is 5.86. The Kier molecular flexibility index (Phi) is 3.57. The fourth-order valence-corrected chi connectivity index (χ4v) is 1.73. The van der Waals surface area contributed by atoms with Crippen molar-refractivity contribution in [3.8, 4) is 0 Å². The van der Waals surface area contributed by atoms with Crippen LogP contribution in [0.2, 0.25) is 0 Å². The normalized spacial score (nSPS) is 12.8. The average Bonchev–Trinajstić information content (AvgIpc) is 1.99. The van der Waals surface area contributed by atoms with Gasteiger partial charge in [0.1, 0.15) is 5.82 Å². The van der Waals surface area contributed by atoms with Crippen molar-refractivity contribution in [2.24, 2.45) is 0 Å². The molecule has 4 heteroatoms. The van der Waals surface area contributed by atoms with Crippen LogP contribution in [-0.2, 0) is 0 Å². The molecule has 0 saturated heterocycles. The number of anilines is 1. The van der Waals surface area contributed by atoms with Gasteiger partial charge in [-0.25, -0.2) is 4.39 Å². The molecule has 72 valence electrons. The van der Waals surface area contributed by atoms with Crippen LogP contribution in [0.3, 0.4) is 0 Å². The average molecular weight is 201 g/mol. The van der Waals surface area contributed by atoms with Gasteiger partial charge in [0.05, 0.1) is 6.10 Å². The molecule has 0 aliphatic carbocycles. The van der Waals surface area contributed by atoms with Crippen molar-refractivity contribution in [3.05, 3.63) is 24.0 Å². The highest BCUT2D eigenvalue weighted by molar-refractivity contribution is 7.99. The number of benzene rings is 1. The molecule has 1 atom stereocenters. The molecule has 3 N–H and O–H groups in total. The molecule has 1 aromatic carbocycles. The first-order valence-corrected chi connectivity index (χ1v) is 4.93. The summed E-state index contributed by atoms with van der Waals surface area (Å²) in [7, 11) is 0. The van der Waals surface area contributed by atoms with E-state index < -0.39 is 6.10 Å². The fraction of sp³-hybridized carbons (Fsp3) is 0.333. The summed E-state index contributed by atoms with van der Waals surface area (Å²) in [5.74, 6) is 0.205. The summed E-state index contributed by atoms with van der Waals surface area (Å²) < 4.78 is 12.8. The molecular formula is C9H12FNOS. The summed E-state index contributed by atoms with van der Waals surface area (Å²) in [4.78, 5) is 0.749. The lowest BCUT2D eigenvalue weighted by Gasteiger charge is -2.04. The van der Waals surface area contributed by atoms with E-state index in [1.54, 1.807) is 13.0 Å². The van der Waals surface area contributed by atoms with E-state index in [0.29, 0.717) is 11.4 Å². The Morgan fingerprint density at radius 2 is 2.23 bits per heavy atom. The van der Waals surface area contributed by atoms with E-state index in [0.717, 1.165) is 4.90 Å². The van der Waals surface area contributed by atoms with E-state index in [4.69, 9.17) is 10.8 Å². The summed E-state index contributed by atoms with van der Waals surface area (Å²) in [5, 5.41) is 9.01. The second-order valence-corrected chi connectivity index (χ2v) is 3.97. The second-order valence-electron chi connectivity index (χ2n) is 2.88. The first kappa shape index (κ1) is 10.3. The summed E-state index contributed by atoms with van der Waals surface area (Å²) in [6, 6.07) is 4.37. The number of hydrogen-bond donors (Lipinski definition) is 2. The Hall–Kier alpha value is -0.740. The summed E-state index contributed by atoms with van der Waals surface area (Å²) in [6.45, 7) is 1.69. The Balaban J connectivity index is 2.66. The van der Waals surface area contributed by atoms with Gasteiger partial charge in [0.15, 0.2) is 0 Å². The summed E-state index contributed by atoms with van der Waals surface area (Å²) >= 11 is 1.39. The quantitative estimate of drug-likeness (QED) is 0.580. The third-order valence-corrected chi connectivity index (χ3v) is 2.60. The van der Waals surface area contributed by atoms with E-state index in [1.165, 1.54) is 23.9 Å². The van der Waals surface area contributed by atoms with Gasteiger partial charge in [0.2, 0.25) is 0 Å². The lowest BCUT2D eigenvalue weighted by atomic mass is 10.3. The maximum Gasteiger partial charge on any atom is 0.126 e. The van der Waals surface area contributed by atoms with Crippen molar-refractivity contribution in [1.29, 1.82) is 0 Å². The lowest BCUT2D eigenvalue weighted by molar-refractivity contribution is 0.220. The second kappa shape index (κ2) is 4.48. The molecule has 1 unspecified atom stereocenters. The van der Waals surface area contributed by atoms with Crippen LogP contribution in [0.1, 0.15) is 6.92 Å². The predicted octanol–water partition coefficient (Wildman–Crippen LogP) is 1.88. The van der Waals surface area contributed by atoms with Gasteiger partial charge in [-0.15, -0.1) is 11.8 Å². The smallest absolute Gasteiger partial charge is 0.126 e. The van der Waals surface area contributed by atoms with Crippen molar-refractivity contribution < 1.29 is 9.50 Å². The van der Waals surface area contributed by atoms with Gasteiger partial charge >= 0.3 is 0 Å². The molecule has 0 heterocycles. The Morgan fingerprint density at radius 1 is 1.54 bits per heavy atom. The van der Waals surface area contributed by atoms with Crippen LogP contribution in [0.15, 0.2) is 23.1 Å². The molecule has 0 aromatic heterocycles. The molecule has 0 amide bonds. The standard InChI is InChI=1S/C9H12FNOS/c1-6(12)5-13-9-3-7(10)2-8(11)4-9/h2-4,6,12H,5,11H2,1H3. The highest BCUT2D eigenvalue weighted by Gasteiger charge is 2.01. The molecule has 0 saturated carbocycles. The van der Waals surface area contributed by atoms with Crippen LogP contribution in [0.5, 0.6) is 0 Å². The minimum atomic E-state index is -0.394. The maximum absolute atomic E-state index is 12.8. The van der Waals surface area contributed by atoms with Crippen LogP contribution in [-0.4, -0.2) is 17.0 Å². The van der Waals surface area contributed by atoms with Gasteiger partial charge in [0, 0.05) is 16.3 Å². The Labute approximate surface area is 80.9 Å². The number of aliphatic hydroxyl groups is 1. The van der Waals surface area contributed by atoms with E-state index in [-0.39, 0.29) is 5.82 Å². The number of thioether (sulfide) groups is 1. The molecular weight excluding hydrogens is 189 g/mol. The van der Waals surface area contributed by atoms with Crippen molar-refractivity contribution in [2.75, 3.05) is 11.5 Å². The van der Waals surface area contributed by atoms with Gasteiger partial charge in [-0.3, -0.25) is 0 Å². The van der Waals surface area contributed by atoms with Crippen LogP contribution in [0.4, 0.5) is 10.1 Å². The minimum absolute atomic E-state index is 0.340. The number of aliphatic hydroxyl groups excluding tert-OH is 1. The Bertz CT molecular complexity index is 271. The molecule has 13 heavy (non-hydrogen) atoms. The lowest BCUT2D eigenvalue weighted by Crippen LogP contribution is -2.02. The minimum Gasteiger partial charge on any atom is -0.399 e. The van der Waals surface area contributed by atoms with Crippen molar-refractivity contribution >= 4 is 17.4 Å². The van der Waals surface area contributed by atoms with Gasteiger partial charge in [0.25, 0.3) is 0 Å². The molecule has 2 nitrogen and oxygen atoms in total. The molecule has 0 spiro atoms. The zero-order chi connectivity index (χ0) is 9.84. The van der Waals surface area contributed by atoms with E-state index >= 15 is 0 Å². The van der Waals surface area contributed by atoms with Crippen LogP contribution >= 0.6 is 11.8 Å². The van der Waals surface area contributed by atoms with Gasteiger partial charge in [-0.1, -0.05) is 0 Å². The van der Waals surface area contributed by atoms with E-state index in [9.17, 15) is 4.39 Å². The molecule has 1 rings (SSSR count). The van der Waals surface area contributed by atoms with Crippen molar-refractivity contribution in [1.82, 2.24) is 0 Å². The van der Waals surface area contributed by atoms with Crippen LogP contribution < -0.4 is 5.73 Å². The monoisotopic (exact) mass is 201 g/mol. The first-order valence-electron chi connectivity index (χ1n) is 3.95. The van der Waals surface area contributed by atoms with Crippen molar-refractivity contribution in [2.45, 2.75) is 17.9 Å². The number of hydrogen-bond acceptors (Lipinski definition) is 3. The Morgan fingerprint density at radius 3 is 2.77 bits per heavy atom. The zero-order valence-electron chi connectivity index (χ0n) is 7.33. The topological polar surface area (TPSA) is 46.2 Å². The third-order valence-electron chi connectivity index (χ3n) is 1.38. The number of nitrogen functional groups attached to an aromatic ring is 1.